The molecular weight excluding hydrogens is 218 g/mol. The van der Waals surface area contributed by atoms with Gasteiger partial charge in [-0.25, -0.2) is 4.79 Å². The van der Waals surface area contributed by atoms with Crippen molar-refractivity contribution in [2.75, 3.05) is 0 Å². The lowest BCUT2D eigenvalue weighted by atomic mass is 9.89. The van der Waals surface area contributed by atoms with E-state index in [1.807, 2.05) is 0 Å². The van der Waals surface area contributed by atoms with Crippen molar-refractivity contribution in [3.05, 3.63) is 0 Å². The predicted octanol–water partition coefficient (Wildman–Crippen LogP) is 2.90. The van der Waals surface area contributed by atoms with Crippen LogP contribution in [0.1, 0.15) is 54.4 Å². The molecule has 0 fully saturated rings. The molecule has 0 rings (SSSR count). The maximum Gasteiger partial charge on any atom is 0.408 e. The van der Waals surface area contributed by atoms with Gasteiger partial charge in [0.25, 0.3) is 0 Å². The smallest absolute Gasteiger partial charge is 0.408 e. The monoisotopic (exact) mass is 243 g/mol. The maximum atomic E-state index is 11.5. The summed E-state index contributed by atoms with van der Waals surface area (Å²) in [6.07, 6.45) is 1.72. The first-order chi connectivity index (χ1) is 7.53. The molecule has 0 aromatic carbocycles. The van der Waals surface area contributed by atoms with Gasteiger partial charge in [-0.1, -0.05) is 20.8 Å². The number of carbonyl (C=O) groups excluding carboxylic acids is 2. The lowest BCUT2D eigenvalue weighted by Gasteiger charge is -2.23. The van der Waals surface area contributed by atoms with Crippen LogP contribution in [0.5, 0.6) is 0 Å². The Hall–Kier alpha value is -1.06. The molecule has 0 saturated heterocycles. The zero-order valence-corrected chi connectivity index (χ0v) is 11.8. The van der Waals surface area contributed by atoms with Crippen LogP contribution in [0, 0.1) is 5.41 Å². The molecule has 0 aromatic heterocycles. The molecule has 0 radical (unpaired) electrons. The van der Waals surface area contributed by atoms with Crippen molar-refractivity contribution in [2.45, 2.75) is 66.0 Å². The van der Waals surface area contributed by atoms with Gasteiger partial charge >= 0.3 is 6.09 Å². The minimum absolute atomic E-state index is 0.150. The van der Waals surface area contributed by atoms with Crippen molar-refractivity contribution in [1.29, 1.82) is 0 Å². The van der Waals surface area contributed by atoms with E-state index < -0.39 is 17.7 Å². The maximum absolute atomic E-state index is 11.5. The first-order valence-electron chi connectivity index (χ1n) is 5.98. The van der Waals surface area contributed by atoms with Crippen LogP contribution in [-0.2, 0) is 9.53 Å². The molecule has 4 nitrogen and oxygen atoms in total. The van der Waals surface area contributed by atoms with Gasteiger partial charge in [0.05, 0.1) is 6.04 Å². The first-order valence-corrected chi connectivity index (χ1v) is 5.98. The highest BCUT2D eigenvalue weighted by Crippen LogP contribution is 2.21. The van der Waals surface area contributed by atoms with Gasteiger partial charge in [0.1, 0.15) is 11.9 Å². The number of aldehydes is 1. The second-order valence-corrected chi connectivity index (χ2v) is 6.49. The molecule has 17 heavy (non-hydrogen) atoms. The van der Waals surface area contributed by atoms with E-state index in [2.05, 4.69) is 26.1 Å². The average Bonchev–Trinajstić information content (AvgIpc) is 2.07. The number of alkyl carbamates (subject to hydrolysis) is 1. The van der Waals surface area contributed by atoms with E-state index in [9.17, 15) is 9.59 Å². The lowest BCUT2D eigenvalue weighted by Crippen LogP contribution is -2.40. The topological polar surface area (TPSA) is 55.4 Å². The van der Waals surface area contributed by atoms with Crippen LogP contribution in [0.2, 0.25) is 0 Å². The van der Waals surface area contributed by atoms with E-state index in [1.165, 1.54) is 0 Å². The fraction of sp³-hybridized carbons (Fsp3) is 0.846. The van der Waals surface area contributed by atoms with Crippen LogP contribution in [0.4, 0.5) is 4.79 Å². The number of hydrogen-bond acceptors (Lipinski definition) is 3. The summed E-state index contributed by atoms with van der Waals surface area (Å²) in [5, 5.41) is 2.57. The molecule has 0 bridgehead atoms. The Morgan fingerprint density at radius 3 is 2.12 bits per heavy atom. The second-order valence-electron chi connectivity index (χ2n) is 6.49. The minimum atomic E-state index is -0.540. The van der Waals surface area contributed by atoms with Crippen molar-refractivity contribution < 1.29 is 14.3 Å². The molecule has 0 aromatic rings. The summed E-state index contributed by atoms with van der Waals surface area (Å²) < 4.78 is 5.09. The van der Waals surface area contributed by atoms with Crippen LogP contribution in [-0.4, -0.2) is 24.0 Å². The highest BCUT2D eigenvalue weighted by atomic mass is 16.6. The van der Waals surface area contributed by atoms with E-state index in [0.717, 1.165) is 12.7 Å². The van der Waals surface area contributed by atoms with Crippen LogP contribution in [0.15, 0.2) is 0 Å². The average molecular weight is 243 g/mol. The summed E-state index contributed by atoms with van der Waals surface area (Å²) in [7, 11) is 0. The van der Waals surface area contributed by atoms with E-state index in [1.54, 1.807) is 20.8 Å². The van der Waals surface area contributed by atoms with Gasteiger partial charge in [-0.3, -0.25) is 0 Å². The summed E-state index contributed by atoms with van der Waals surface area (Å²) in [6, 6.07) is -0.468. The second kappa shape index (κ2) is 6.03. The molecule has 0 unspecified atom stereocenters. The third kappa shape index (κ3) is 9.85. The Kier molecular flexibility index (Phi) is 5.66. The Labute approximate surface area is 104 Å². The van der Waals surface area contributed by atoms with E-state index in [0.29, 0.717) is 6.42 Å². The van der Waals surface area contributed by atoms with Gasteiger partial charge in [-0.05, 0) is 39.0 Å². The molecule has 100 valence electrons. The van der Waals surface area contributed by atoms with Crippen molar-refractivity contribution >= 4 is 12.4 Å². The molecule has 0 heterocycles. The summed E-state index contributed by atoms with van der Waals surface area (Å²) >= 11 is 0. The van der Waals surface area contributed by atoms with Gasteiger partial charge in [-0.15, -0.1) is 0 Å². The van der Waals surface area contributed by atoms with E-state index >= 15 is 0 Å². The molecule has 0 aliphatic carbocycles. The number of carbonyl (C=O) groups is 2. The number of amides is 1. The lowest BCUT2D eigenvalue weighted by molar-refractivity contribution is -0.109. The molecule has 0 saturated carbocycles. The van der Waals surface area contributed by atoms with Crippen molar-refractivity contribution in [2.24, 2.45) is 5.41 Å². The zero-order valence-electron chi connectivity index (χ0n) is 11.8. The SMILES string of the molecule is CC(C)(C)CC[C@@H](C=O)NC(=O)OC(C)(C)C. The summed E-state index contributed by atoms with van der Waals surface area (Å²) in [6.45, 7) is 11.7. The van der Waals surface area contributed by atoms with Gasteiger partial charge in [0.2, 0.25) is 0 Å². The van der Waals surface area contributed by atoms with Gasteiger partial charge in [0.15, 0.2) is 0 Å². The van der Waals surface area contributed by atoms with Gasteiger partial charge in [-0.2, -0.15) is 0 Å². The summed E-state index contributed by atoms with van der Waals surface area (Å²) in [5.74, 6) is 0. The third-order valence-corrected chi connectivity index (χ3v) is 2.07. The molecule has 0 aliphatic rings. The number of ether oxygens (including phenoxy) is 1. The fourth-order valence-corrected chi connectivity index (χ4v) is 1.22. The largest absolute Gasteiger partial charge is 0.444 e. The van der Waals surface area contributed by atoms with Crippen LogP contribution in [0.3, 0.4) is 0 Å². The van der Waals surface area contributed by atoms with Gasteiger partial charge < -0.3 is 14.8 Å². The summed E-state index contributed by atoms with van der Waals surface area (Å²) in [5.41, 5.74) is -0.390. The molecule has 1 amide bonds. The Morgan fingerprint density at radius 2 is 1.76 bits per heavy atom. The Balaban J connectivity index is 4.14. The molecule has 1 atom stereocenters. The van der Waals surface area contributed by atoms with Crippen LogP contribution < -0.4 is 5.32 Å². The molecule has 0 spiro atoms. The molecule has 0 aliphatic heterocycles. The van der Waals surface area contributed by atoms with Crippen LogP contribution in [0.25, 0.3) is 0 Å². The van der Waals surface area contributed by atoms with E-state index in [-0.39, 0.29) is 5.41 Å². The first kappa shape index (κ1) is 15.9. The van der Waals surface area contributed by atoms with Crippen molar-refractivity contribution in [1.82, 2.24) is 5.32 Å². The summed E-state index contributed by atoms with van der Waals surface area (Å²) in [4.78, 5) is 22.3. The van der Waals surface area contributed by atoms with Crippen molar-refractivity contribution in [3.63, 3.8) is 0 Å². The standard InChI is InChI=1S/C13H25NO3/c1-12(2,3)8-7-10(9-15)14-11(16)17-13(4,5)6/h9-10H,7-8H2,1-6H3,(H,14,16)/t10-/m0/s1. The van der Waals surface area contributed by atoms with Crippen LogP contribution >= 0.6 is 0 Å². The van der Waals surface area contributed by atoms with Gasteiger partial charge in [0, 0.05) is 0 Å². The minimum Gasteiger partial charge on any atom is -0.444 e. The highest BCUT2D eigenvalue weighted by Gasteiger charge is 2.20. The normalized spacial score (nSPS) is 14.0. The Bertz CT molecular complexity index is 261. The predicted molar refractivity (Wildman–Crippen MR) is 67.9 cm³/mol. The fourth-order valence-electron chi connectivity index (χ4n) is 1.22. The third-order valence-electron chi connectivity index (χ3n) is 2.07. The Morgan fingerprint density at radius 1 is 1.24 bits per heavy atom. The quantitative estimate of drug-likeness (QED) is 0.772. The molecular formula is C13H25NO3. The number of rotatable bonds is 4. The highest BCUT2D eigenvalue weighted by molar-refractivity contribution is 5.73. The van der Waals surface area contributed by atoms with Crippen molar-refractivity contribution in [3.8, 4) is 0 Å². The zero-order chi connectivity index (χ0) is 13.7. The number of nitrogens with one attached hydrogen (secondary N) is 1. The molecule has 1 N–H and O–H groups in total. The molecule has 4 heteroatoms. The van der Waals surface area contributed by atoms with E-state index in [4.69, 9.17) is 4.74 Å². The number of hydrogen-bond donors (Lipinski definition) is 1.